The molecule has 0 saturated heterocycles. The molecule has 0 aliphatic carbocycles. The van der Waals surface area contributed by atoms with Crippen LogP contribution in [0.2, 0.25) is 0 Å². The molecule has 2 N–H and O–H groups in total. The summed E-state index contributed by atoms with van der Waals surface area (Å²) in [5, 5.41) is 3.84. The molecule has 1 aromatic rings. The lowest BCUT2D eigenvalue weighted by molar-refractivity contribution is -0.114. The van der Waals surface area contributed by atoms with Gasteiger partial charge in [-0.3, -0.25) is 9.59 Å². The first-order valence-corrected chi connectivity index (χ1v) is 7.70. The standard InChI is InChI=1S/C17H25N3O4/c1-11(2)20(19-16(23)24-17(4,5)6)15(22)13-7-9-14(10-8-13)18-12(3)21/h7-11H,1-6H3,(H,18,21)(H,19,23). The average molecular weight is 335 g/mol. The van der Waals surface area contributed by atoms with Crippen molar-refractivity contribution < 1.29 is 19.1 Å². The van der Waals surface area contributed by atoms with E-state index in [4.69, 9.17) is 4.74 Å². The van der Waals surface area contributed by atoms with E-state index in [1.54, 1.807) is 58.9 Å². The van der Waals surface area contributed by atoms with Crippen molar-refractivity contribution in [1.82, 2.24) is 10.4 Å². The number of rotatable bonds is 3. The van der Waals surface area contributed by atoms with Crippen LogP contribution < -0.4 is 10.7 Å². The fourth-order valence-corrected chi connectivity index (χ4v) is 1.85. The van der Waals surface area contributed by atoms with E-state index >= 15 is 0 Å². The second kappa shape index (κ2) is 7.81. The van der Waals surface area contributed by atoms with Crippen molar-refractivity contribution in [2.75, 3.05) is 5.32 Å². The lowest BCUT2D eigenvalue weighted by atomic mass is 10.1. The minimum absolute atomic E-state index is 0.190. The molecule has 132 valence electrons. The molecule has 0 fully saturated rings. The monoisotopic (exact) mass is 335 g/mol. The maximum atomic E-state index is 12.6. The Labute approximate surface area is 142 Å². The molecule has 1 aromatic carbocycles. The lowest BCUT2D eigenvalue weighted by Crippen LogP contribution is -2.51. The van der Waals surface area contributed by atoms with Crippen LogP contribution in [0.1, 0.15) is 51.9 Å². The van der Waals surface area contributed by atoms with E-state index in [9.17, 15) is 14.4 Å². The van der Waals surface area contributed by atoms with E-state index in [-0.39, 0.29) is 17.9 Å². The summed E-state index contributed by atoms with van der Waals surface area (Å²) in [5.74, 6) is -0.560. The highest BCUT2D eigenvalue weighted by Crippen LogP contribution is 2.13. The summed E-state index contributed by atoms with van der Waals surface area (Å²) in [5.41, 5.74) is 2.79. The van der Waals surface area contributed by atoms with Crippen molar-refractivity contribution in [2.24, 2.45) is 0 Å². The number of nitrogens with one attached hydrogen (secondary N) is 2. The number of hydrogen-bond donors (Lipinski definition) is 2. The highest BCUT2D eigenvalue weighted by Gasteiger charge is 2.24. The fourth-order valence-electron chi connectivity index (χ4n) is 1.85. The quantitative estimate of drug-likeness (QED) is 0.831. The molecular weight excluding hydrogens is 310 g/mol. The van der Waals surface area contributed by atoms with Crippen LogP contribution in [0.4, 0.5) is 10.5 Å². The Hall–Kier alpha value is -2.57. The van der Waals surface area contributed by atoms with Crippen molar-refractivity contribution in [1.29, 1.82) is 0 Å². The largest absolute Gasteiger partial charge is 0.443 e. The van der Waals surface area contributed by atoms with Crippen molar-refractivity contribution in [2.45, 2.75) is 53.2 Å². The average Bonchev–Trinajstić information content (AvgIpc) is 2.42. The third-order valence-corrected chi connectivity index (χ3v) is 2.80. The van der Waals surface area contributed by atoms with Gasteiger partial charge in [0, 0.05) is 24.2 Å². The third kappa shape index (κ3) is 6.28. The number of anilines is 1. The molecule has 1 rings (SSSR count). The van der Waals surface area contributed by atoms with Crippen LogP contribution in [0.15, 0.2) is 24.3 Å². The SMILES string of the molecule is CC(=O)Nc1ccc(C(=O)N(NC(=O)OC(C)(C)C)C(C)C)cc1. The van der Waals surface area contributed by atoms with Crippen LogP contribution in [-0.2, 0) is 9.53 Å². The highest BCUT2D eigenvalue weighted by molar-refractivity contribution is 5.96. The van der Waals surface area contributed by atoms with Gasteiger partial charge in [-0.05, 0) is 58.9 Å². The molecule has 3 amide bonds. The predicted octanol–water partition coefficient (Wildman–Crippen LogP) is 2.94. The van der Waals surface area contributed by atoms with Gasteiger partial charge < -0.3 is 10.1 Å². The molecule has 0 bridgehead atoms. The van der Waals surface area contributed by atoms with E-state index < -0.39 is 11.7 Å². The summed E-state index contributed by atoms with van der Waals surface area (Å²) in [7, 11) is 0. The van der Waals surface area contributed by atoms with E-state index in [1.165, 1.54) is 11.9 Å². The van der Waals surface area contributed by atoms with Gasteiger partial charge in [-0.25, -0.2) is 15.2 Å². The second-order valence-corrected chi connectivity index (χ2v) is 6.64. The van der Waals surface area contributed by atoms with Gasteiger partial charge in [-0.15, -0.1) is 0 Å². The number of carbonyl (C=O) groups is 3. The molecule has 0 aromatic heterocycles. The Morgan fingerprint density at radius 2 is 1.62 bits per heavy atom. The summed E-state index contributed by atoms with van der Waals surface area (Å²) in [4.78, 5) is 35.5. The van der Waals surface area contributed by atoms with Gasteiger partial charge in [-0.2, -0.15) is 0 Å². The van der Waals surface area contributed by atoms with Gasteiger partial charge in [0.05, 0.1) is 0 Å². The van der Waals surface area contributed by atoms with Crippen molar-refractivity contribution in [3.8, 4) is 0 Å². The zero-order valence-electron chi connectivity index (χ0n) is 15.0. The molecule has 24 heavy (non-hydrogen) atoms. The Balaban J connectivity index is 2.86. The molecule has 0 unspecified atom stereocenters. The summed E-state index contributed by atoms with van der Waals surface area (Å²) in [6.45, 7) is 10.2. The maximum Gasteiger partial charge on any atom is 0.426 e. The number of amides is 3. The first kappa shape index (κ1) is 19.5. The van der Waals surface area contributed by atoms with Gasteiger partial charge in [-0.1, -0.05) is 0 Å². The molecule has 7 nitrogen and oxygen atoms in total. The van der Waals surface area contributed by atoms with E-state index in [0.717, 1.165) is 0 Å². The summed E-state index contributed by atoms with van der Waals surface area (Å²) < 4.78 is 5.18. The first-order valence-electron chi connectivity index (χ1n) is 7.70. The Kier molecular flexibility index (Phi) is 6.34. The van der Waals surface area contributed by atoms with Gasteiger partial charge in [0.2, 0.25) is 5.91 Å². The van der Waals surface area contributed by atoms with Crippen LogP contribution in [0.25, 0.3) is 0 Å². The summed E-state index contributed by atoms with van der Waals surface area (Å²) in [6, 6.07) is 6.15. The molecular formula is C17H25N3O4. The number of benzene rings is 1. The zero-order valence-corrected chi connectivity index (χ0v) is 15.0. The highest BCUT2D eigenvalue weighted by atomic mass is 16.6. The molecule has 0 radical (unpaired) electrons. The van der Waals surface area contributed by atoms with Crippen LogP contribution in [0, 0.1) is 0 Å². The summed E-state index contributed by atoms with van der Waals surface area (Å²) in [6.07, 6.45) is -0.695. The number of hydrazine groups is 1. The number of ether oxygens (including phenoxy) is 1. The van der Waals surface area contributed by atoms with Gasteiger partial charge >= 0.3 is 6.09 Å². The maximum absolute atomic E-state index is 12.6. The molecule has 0 spiro atoms. The Morgan fingerprint density at radius 3 is 2.04 bits per heavy atom. The van der Waals surface area contributed by atoms with Crippen molar-refractivity contribution >= 4 is 23.6 Å². The topological polar surface area (TPSA) is 87.7 Å². The van der Waals surface area contributed by atoms with Gasteiger partial charge in [0.25, 0.3) is 5.91 Å². The molecule has 7 heteroatoms. The lowest BCUT2D eigenvalue weighted by Gasteiger charge is -2.29. The van der Waals surface area contributed by atoms with Crippen LogP contribution in [-0.4, -0.2) is 34.6 Å². The Morgan fingerprint density at radius 1 is 1.08 bits per heavy atom. The van der Waals surface area contributed by atoms with Crippen LogP contribution in [0.5, 0.6) is 0 Å². The smallest absolute Gasteiger partial charge is 0.426 e. The van der Waals surface area contributed by atoms with Crippen LogP contribution >= 0.6 is 0 Å². The molecule has 0 aliphatic heterocycles. The van der Waals surface area contributed by atoms with Crippen LogP contribution in [0.3, 0.4) is 0 Å². The second-order valence-electron chi connectivity index (χ2n) is 6.64. The van der Waals surface area contributed by atoms with Crippen molar-refractivity contribution in [3.05, 3.63) is 29.8 Å². The fraction of sp³-hybridized carbons (Fsp3) is 0.471. The zero-order chi connectivity index (χ0) is 18.5. The van der Waals surface area contributed by atoms with Gasteiger partial charge in [0.15, 0.2) is 0 Å². The van der Waals surface area contributed by atoms with Gasteiger partial charge in [0.1, 0.15) is 5.60 Å². The third-order valence-electron chi connectivity index (χ3n) is 2.80. The van der Waals surface area contributed by atoms with Crippen molar-refractivity contribution in [3.63, 3.8) is 0 Å². The molecule has 0 aliphatic rings. The van der Waals surface area contributed by atoms with E-state index in [2.05, 4.69) is 10.7 Å². The molecule has 0 heterocycles. The minimum Gasteiger partial charge on any atom is -0.443 e. The number of hydrogen-bond acceptors (Lipinski definition) is 4. The van der Waals surface area contributed by atoms with E-state index in [1.807, 2.05) is 0 Å². The first-order chi connectivity index (χ1) is 11.0. The summed E-state index contributed by atoms with van der Waals surface area (Å²) >= 11 is 0. The Bertz CT molecular complexity index is 603. The molecule has 0 atom stereocenters. The number of nitrogens with zero attached hydrogens (tertiary/aromatic N) is 1. The molecule has 0 saturated carbocycles. The number of carbonyl (C=O) groups excluding carboxylic acids is 3. The minimum atomic E-state index is -0.695. The van der Waals surface area contributed by atoms with E-state index in [0.29, 0.717) is 11.3 Å². The normalized spacial score (nSPS) is 11.0. The predicted molar refractivity (Wildman–Crippen MR) is 91.4 cm³/mol.